The first-order chi connectivity index (χ1) is 18.2. The number of anilines is 2. The largest absolute Gasteiger partial charge is 0.382 e. The van der Waals surface area contributed by atoms with Gasteiger partial charge in [0.25, 0.3) is 0 Å². The molecule has 3 heterocycles. The average molecular weight is 568 g/mol. The molecule has 1 saturated heterocycles. The molecule has 2 aromatic heterocycles. The lowest BCUT2D eigenvalue weighted by molar-refractivity contribution is 0.103. The van der Waals surface area contributed by atoms with Crippen molar-refractivity contribution in [2.24, 2.45) is 0 Å². The van der Waals surface area contributed by atoms with E-state index in [2.05, 4.69) is 20.6 Å². The molecule has 0 atom stereocenters. The maximum atomic E-state index is 14.0. The topological polar surface area (TPSA) is 135 Å². The molecular formula is C24H31F2N7O3S2. The van der Waals surface area contributed by atoms with E-state index in [0.717, 1.165) is 43.0 Å². The van der Waals surface area contributed by atoms with E-state index in [9.17, 15) is 22.0 Å². The molecule has 1 fully saturated rings. The van der Waals surface area contributed by atoms with E-state index in [1.807, 2.05) is 10.8 Å². The maximum Gasteiger partial charge on any atom is 0.214 e. The van der Waals surface area contributed by atoms with Gasteiger partial charge in [0.2, 0.25) is 15.8 Å². The first kappa shape index (κ1) is 28.1. The summed E-state index contributed by atoms with van der Waals surface area (Å²) in [5.74, 6) is -2.82. The van der Waals surface area contributed by atoms with Crippen LogP contribution < -0.4 is 16.4 Å². The predicted octanol–water partition coefficient (Wildman–Crippen LogP) is 2.71. The average Bonchev–Trinajstić information content (AvgIpc) is 3.53. The van der Waals surface area contributed by atoms with Crippen molar-refractivity contribution in [2.75, 3.05) is 43.0 Å². The number of nitrogens with zero attached hydrogens (tertiary/aromatic N) is 4. The minimum absolute atomic E-state index is 0.0492. The van der Waals surface area contributed by atoms with Crippen LogP contribution in [0, 0.1) is 11.6 Å². The highest BCUT2D eigenvalue weighted by atomic mass is 32.2. The molecule has 1 aliphatic rings. The van der Waals surface area contributed by atoms with Gasteiger partial charge in [0.05, 0.1) is 17.6 Å². The molecule has 0 unspecified atom stereocenters. The van der Waals surface area contributed by atoms with Crippen LogP contribution in [0.15, 0.2) is 36.9 Å². The van der Waals surface area contributed by atoms with Crippen molar-refractivity contribution < 1.29 is 22.0 Å². The van der Waals surface area contributed by atoms with Gasteiger partial charge in [-0.1, -0.05) is 17.4 Å². The number of carbonyl (C=O) groups is 1. The zero-order chi connectivity index (χ0) is 27.1. The molecular weight excluding hydrogens is 536 g/mol. The summed E-state index contributed by atoms with van der Waals surface area (Å²) >= 11 is 0.925. The molecule has 1 aliphatic heterocycles. The van der Waals surface area contributed by atoms with Crippen LogP contribution in [0.4, 0.5) is 19.7 Å². The number of halogens is 2. The van der Waals surface area contributed by atoms with Gasteiger partial charge in [-0.2, -0.15) is 0 Å². The molecule has 38 heavy (non-hydrogen) atoms. The Labute approximate surface area is 224 Å². The lowest BCUT2D eigenvalue weighted by Crippen LogP contribution is -2.43. The summed E-state index contributed by atoms with van der Waals surface area (Å²) in [6, 6.07) is 3.13. The quantitative estimate of drug-likeness (QED) is 0.212. The Morgan fingerprint density at radius 3 is 2.55 bits per heavy atom. The first-order valence-electron chi connectivity index (χ1n) is 12.4. The van der Waals surface area contributed by atoms with Gasteiger partial charge in [0, 0.05) is 38.1 Å². The number of thiazole rings is 1. The van der Waals surface area contributed by atoms with Crippen molar-refractivity contribution in [3.05, 3.63) is 59.0 Å². The Morgan fingerprint density at radius 2 is 1.87 bits per heavy atom. The van der Waals surface area contributed by atoms with E-state index >= 15 is 0 Å². The van der Waals surface area contributed by atoms with Crippen LogP contribution in [0.5, 0.6) is 0 Å². The molecule has 4 N–H and O–H groups in total. The smallest absolute Gasteiger partial charge is 0.214 e. The fraction of sp³-hybridized carbons (Fsp3) is 0.458. The molecule has 0 saturated carbocycles. The van der Waals surface area contributed by atoms with Crippen molar-refractivity contribution >= 4 is 38.1 Å². The lowest BCUT2D eigenvalue weighted by Gasteiger charge is -2.31. The maximum absolute atomic E-state index is 14.0. The van der Waals surface area contributed by atoms with Gasteiger partial charge in [-0.15, -0.1) is 0 Å². The first-order valence-corrected chi connectivity index (χ1v) is 14.8. The van der Waals surface area contributed by atoms with E-state index in [1.165, 1.54) is 10.4 Å². The van der Waals surface area contributed by atoms with Gasteiger partial charge < -0.3 is 20.9 Å². The number of imidazole rings is 1. The van der Waals surface area contributed by atoms with Crippen molar-refractivity contribution in [1.82, 2.24) is 24.2 Å². The van der Waals surface area contributed by atoms with E-state index in [1.54, 1.807) is 12.5 Å². The normalized spacial score (nSPS) is 15.1. The third-order valence-corrected chi connectivity index (χ3v) is 9.27. The van der Waals surface area contributed by atoms with Gasteiger partial charge >= 0.3 is 0 Å². The van der Waals surface area contributed by atoms with Gasteiger partial charge in [-0.25, -0.2) is 31.5 Å². The van der Waals surface area contributed by atoms with Crippen molar-refractivity contribution in [1.29, 1.82) is 0 Å². The summed E-state index contributed by atoms with van der Waals surface area (Å²) in [5, 5.41) is 6.81. The van der Waals surface area contributed by atoms with Crippen LogP contribution in [-0.4, -0.2) is 71.0 Å². The van der Waals surface area contributed by atoms with Crippen molar-refractivity contribution in [3.63, 3.8) is 0 Å². The molecule has 1 aromatic carbocycles. The van der Waals surface area contributed by atoms with Crippen LogP contribution >= 0.6 is 11.3 Å². The third-order valence-electron chi connectivity index (χ3n) is 6.31. The Hall–Kier alpha value is -2.94. The Kier molecular flexibility index (Phi) is 9.41. The molecule has 0 radical (unpaired) electrons. The molecule has 0 bridgehead atoms. The number of benzene rings is 1. The molecule has 206 valence electrons. The standard InChI is InChI=1S/C24H31F2N7O3S2/c25-18-4-1-5-19(26)20(18)21(34)22-23(27)31-24(37-22)30-17-6-12-33(13-7-17)38(35,36)15-3-9-28-8-2-11-32-14-10-29-16-32/h1,4-5,10,14,16-17,28H,2-3,6-9,11-13,15,27H2,(H,30,31). The second-order valence-electron chi connectivity index (χ2n) is 9.05. The molecule has 10 nitrogen and oxygen atoms in total. The van der Waals surface area contributed by atoms with Crippen LogP contribution in [0.2, 0.25) is 0 Å². The van der Waals surface area contributed by atoms with Crippen molar-refractivity contribution in [3.8, 4) is 0 Å². The van der Waals surface area contributed by atoms with Gasteiger partial charge in [0.15, 0.2) is 5.13 Å². The summed E-state index contributed by atoms with van der Waals surface area (Å²) in [5.41, 5.74) is 5.20. The zero-order valence-electron chi connectivity index (χ0n) is 20.8. The second-order valence-corrected chi connectivity index (χ2v) is 12.1. The van der Waals surface area contributed by atoms with Gasteiger partial charge in [-0.05, 0) is 50.9 Å². The van der Waals surface area contributed by atoms with E-state index in [0.29, 0.717) is 44.0 Å². The van der Waals surface area contributed by atoms with Crippen LogP contribution in [0.3, 0.4) is 0 Å². The number of aromatic nitrogens is 3. The number of piperidine rings is 1. The highest BCUT2D eigenvalue weighted by Gasteiger charge is 2.29. The third kappa shape index (κ3) is 7.12. The number of aryl methyl sites for hydroxylation is 1. The number of carbonyl (C=O) groups excluding carboxylic acids is 1. The van der Waals surface area contributed by atoms with Crippen LogP contribution in [-0.2, 0) is 16.6 Å². The van der Waals surface area contributed by atoms with Gasteiger partial charge in [0.1, 0.15) is 22.3 Å². The van der Waals surface area contributed by atoms with E-state index in [4.69, 9.17) is 5.73 Å². The summed E-state index contributed by atoms with van der Waals surface area (Å²) in [7, 11) is -3.36. The number of nitrogens with one attached hydrogen (secondary N) is 2. The number of hydrogen-bond acceptors (Lipinski definition) is 9. The highest BCUT2D eigenvalue weighted by molar-refractivity contribution is 7.89. The molecule has 14 heteroatoms. The fourth-order valence-corrected chi connectivity index (χ4v) is 6.72. The van der Waals surface area contributed by atoms with Crippen LogP contribution in [0.1, 0.15) is 40.9 Å². The highest BCUT2D eigenvalue weighted by Crippen LogP contribution is 2.30. The SMILES string of the molecule is Nc1nc(NC2CCN(S(=O)(=O)CCCNCCCn3ccnc3)CC2)sc1C(=O)c1c(F)cccc1F. The number of ketones is 1. The lowest BCUT2D eigenvalue weighted by atomic mass is 10.1. The number of nitrogen functional groups attached to an aromatic ring is 1. The predicted molar refractivity (Wildman–Crippen MR) is 143 cm³/mol. The summed E-state index contributed by atoms with van der Waals surface area (Å²) in [6.45, 7) is 3.03. The Balaban J connectivity index is 1.20. The van der Waals surface area contributed by atoms with E-state index in [-0.39, 0.29) is 22.5 Å². The number of sulfonamides is 1. The number of nitrogens with two attached hydrogens (primary N) is 1. The summed E-state index contributed by atoms with van der Waals surface area (Å²) in [4.78, 5) is 20.8. The molecule has 3 aromatic rings. The van der Waals surface area contributed by atoms with Crippen molar-refractivity contribution in [2.45, 2.75) is 38.3 Å². The Bertz CT molecular complexity index is 1300. The Morgan fingerprint density at radius 1 is 1.16 bits per heavy atom. The van der Waals surface area contributed by atoms with Gasteiger partial charge in [-0.3, -0.25) is 4.79 Å². The molecule has 0 aliphatic carbocycles. The monoisotopic (exact) mass is 567 g/mol. The number of rotatable bonds is 13. The second kappa shape index (κ2) is 12.7. The van der Waals surface area contributed by atoms with E-state index < -0.39 is 33.0 Å². The summed E-state index contributed by atoms with van der Waals surface area (Å²) < 4.78 is 57.1. The zero-order valence-corrected chi connectivity index (χ0v) is 22.4. The molecule has 0 amide bonds. The summed E-state index contributed by atoms with van der Waals surface area (Å²) in [6.07, 6.45) is 7.99. The van der Waals surface area contributed by atoms with Crippen LogP contribution in [0.25, 0.3) is 0 Å². The minimum atomic E-state index is -3.36. The molecule has 4 rings (SSSR count). The fourth-order valence-electron chi connectivity index (χ4n) is 4.28. The molecule has 0 spiro atoms. The minimum Gasteiger partial charge on any atom is -0.382 e. The number of hydrogen-bond donors (Lipinski definition) is 3.